The predicted octanol–water partition coefficient (Wildman–Crippen LogP) is 2.29. The highest BCUT2D eigenvalue weighted by molar-refractivity contribution is 5.30. The molecule has 0 aliphatic rings. The van der Waals surface area contributed by atoms with E-state index < -0.39 is 23.1 Å². The smallest absolute Gasteiger partial charge is 0.133 e. The lowest BCUT2D eigenvalue weighted by Gasteiger charge is -2.30. The second-order valence-corrected chi connectivity index (χ2v) is 4.72. The first-order valence-electron chi connectivity index (χ1n) is 5.12. The molecule has 0 aliphatic carbocycles. The number of halogens is 2. The van der Waals surface area contributed by atoms with Crippen LogP contribution in [-0.4, -0.2) is 11.7 Å². The third-order valence-electron chi connectivity index (χ3n) is 2.88. The van der Waals surface area contributed by atoms with Crippen molar-refractivity contribution in [2.45, 2.75) is 26.8 Å². The summed E-state index contributed by atoms with van der Waals surface area (Å²) >= 11 is 0. The van der Waals surface area contributed by atoms with E-state index in [9.17, 15) is 8.78 Å². The van der Waals surface area contributed by atoms with E-state index in [0.29, 0.717) is 5.56 Å². The third-order valence-corrected chi connectivity index (χ3v) is 2.88. The van der Waals surface area contributed by atoms with E-state index in [1.807, 2.05) is 0 Å². The molecule has 90 valence electrons. The van der Waals surface area contributed by atoms with Gasteiger partial charge >= 0.3 is 0 Å². The van der Waals surface area contributed by atoms with Crippen molar-refractivity contribution >= 4 is 0 Å². The summed E-state index contributed by atoms with van der Waals surface area (Å²) in [7, 11) is 0. The van der Waals surface area contributed by atoms with Crippen LogP contribution in [0, 0.1) is 24.0 Å². The number of hydrogen-bond donors (Lipinski definition) is 2. The van der Waals surface area contributed by atoms with Crippen LogP contribution in [0.2, 0.25) is 0 Å². The summed E-state index contributed by atoms with van der Waals surface area (Å²) < 4.78 is 27.3. The van der Waals surface area contributed by atoms with Gasteiger partial charge in [-0.2, -0.15) is 0 Å². The number of nitrogens with two attached hydrogens (primary N) is 1. The van der Waals surface area contributed by atoms with E-state index in [1.54, 1.807) is 20.8 Å². The van der Waals surface area contributed by atoms with Crippen molar-refractivity contribution in [3.8, 4) is 0 Å². The van der Waals surface area contributed by atoms with E-state index in [0.717, 1.165) is 0 Å². The summed E-state index contributed by atoms with van der Waals surface area (Å²) in [6.07, 6.45) is 0. The molecule has 0 bridgehead atoms. The molecule has 0 aliphatic heterocycles. The van der Waals surface area contributed by atoms with Gasteiger partial charge in [-0.05, 0) is 18.6 Å². The summed E-state index contributed by atoms with van der Waals surface area (Å²) in [5.74, 6) is -1.30. The molecule has 0 radical (unpaired) electrons. The van der Waals surface area contributed by atoms with Crippen molar-refractivity contribution in [1.82, 2.24) is 0 Å². The highest BCUT2D eigenvalue weighted by Gasteiger charge is 2.31. The zero-order valence-corrected chi connectivity index (χ0v) is 9.72. The Morgan fingerprint density at radius 3 is 2.44 bits per heavy atom. The summed E-state index contributed by atoms with van der Waals surface area (Å²) in [6.45, 7) is 4.65. The predicted molar refractivity (Wildman–Crippen MR) is 58.9 cm³/mol. The van der Waals surface area contributed by atoms with E-state index in [4.69, 9.17) is 10.8 Å². The summed E-state index contributed by atoms with van der Waals surface area (Å²) in [6, 6.07) is 1.69. The molecule has 0 heterocycles. The fourth-order valence-corrected chi connectivity index (χ4v) is 1.45. The summed E-state index contributed by atoms with van der Waals surface area (Å²) in [5, 5.41) is 9.15. The molecular weight excluding hydrogens is 212 g/mol. The Bertz CT molecular complexity index is 391. The summed E-state index contributed by atoms with van der Waals surface area (Å²) in [5.41, 5.74) is 5.24. The first kappa shape index (κ1) is 13.1. The molecule has 1 aromatic rings. The zero-order chi connectivity index (χ0) is 12.5. The molecule has 2 nitrogen and oxygen atoms in total. The molecule has 0 saturated heterocycles. The minimum atomic E-state index is -0.877. The second-order valence-electron chi connectivity index (χ2n) is 4.72. The van der Waals surface area contributed by atoms with E-state index in [-0.39, 0.29) is 12.2 Å². The molecule has 1 aromatic carbocycles. The van der Waals surface area contributed by atoms with Crippen molar-refractivity contribution in [3.63, 3.8) is 0 Å². The Morgan fingerprint density at radius 2 is 1.94 bits per heavy atom. The lowest BCUT2D eigenvalue weighted by Crippen LogP contribution is -2.34. The van der Waals surface area contributed by atoms with Crippen molar-refractivity contribution in [2.24, 2.45) is 11.1 Å². The molecule has 0 fully saturated rings. The van der Waals surface area contributed by atoms with Crippen LogP contribution in [0.3, 0.4) is 0 Å². The maximum atomic E-state index is 13.8. The molecule has 0 aromatic heterocycles. The van der Waals surface area contributed by atoms with Gasteiger partial charge in [0.05, 0.1) is 0 Å². The van der Waals surface area contributed by atoms with Crippen molar-refractivity contribution in [2.75, 3.05) is 6.61 Å². The summed E-state index contributed by atoms with van der Waals surface area (Å²) in [4.78, 5) is 0. The molecule has 0 saturated carbocycles. The largest absolute Gasteiger partial charge is 0.396 e. The van der Waals surface area contributed by atoms with Crippen LogP contribution in [0.25, 0.3) is 0 Å². The van der Waals surface area contributed by atoms with Gasteiger partial charge in [0.15, 0.2) is 0 Å². The molecule has 3 N–H and O–H groups in total. The Labute approximate surface area is 94.1 Å². The normalized spacial score (nSPS) is 13.9. The van der Waals surface area contributed by atoms with Crippen LogP contribution in [0.15, 0.2) is 12.1 Å². The van der Waals surface area contributed by atoms with Gasteiger partial charge in [-0.25, -0.2) is 8.78 Å². The monoisotopic (exact) mass is 229 g/mol. The maximum absolute atomic E-state index is 13.8. The van der Waals surface area contributed by atoms with Crippen LogP contribution in [-0.2, 0) is 0 Å². The average molecular weight is 229 g/mol. The van der Waals surface area contributed by atoms with Gasteiger partial charge in [-0.1, -0.05) is 19.9 Å². The zero-order valence-electron chi connectivity index (χ0n) is 9.72. The van der Waals surface area contributed by atoms with Crippen LogP contribution < -0.4 is 5.73 Å². The Hall–Kier alpha value is -1.00. The standard InChI is InChI=1S/C12H17F2NO/c1-7-4-5-8(13)9(10(7)14)11(15)12(2,3)6-16/h4-5,11,16H,6,15H2,1-3H3/t11-/m1/s1. The lowest BCUT2D eigenvalue weighted by atomic mass is 9.81. The topological polar surface area (TPSA) is 46.2 Å². The number of benzene rings is 1. The van der Waals surface area contributed by atoms with Gasteiger partial charge in [0, 0.05) is 23.6 Å². The van der Waals surface area contributed by atoms with Gasteiger partial charge in [-0.3, -0.25) is 0 Å². The fourth-order valence-electron chi connectivity index (χ4n) is 1.45. The SMILES string of the molecule is Cc1ccc(F)c([C@@H](N)C(C)(C)CO)c1F. The van der Waals surface area contributed by atoms with Gasteiger partial charge in [0.1, 0.15) is 11.6 Å². The number of hydrogen-bond acceptors (Lipinski definition) is 2. The van der Waals surface area contributed by atoms with Gasteiger partial charge in [0.25, 0.3) is 0 Å². The number of aliphatic hydroxyl groups is 1. The molecule has 16 heavy (non-hydrogen) atoms. The Balaban J connectivity index is 3.28. The van der Waals surface area contributed by atoms with Crippen LogP contribution >= 0.6 is 0 Å². The quantitative estimate of drug-likeness (QED) is 0.835. The van der Waals surface area contributed by atoms with Gasteiger partial charge in [0.2, 0.25) is 0 Å². The van der Waals surface area contributed by atoms with Crippen LogP contribution in [0.1, 0.15) is 31.0 Å². The van der Waals surface area contributed by atoms with E-state index in [2.05, 4.69) is 0 Å². The molecule has 4 heteroatoms. The van der Waals surface area contributed by atoms with Gasteiger partial charge < -0.3 is 10.8 Å². The molecule has 0 spiro atoms. The Morgan fingerprint density at radius 1 is 1.38 bits per heavy atom. The van der Waals surface area contributed by atoms with E-state index in [1.165, 1.54) is 12.1 Å². The van der Waals surface area contributed by atoms with Crippen molar-refractivity contribution in [3.05, 3.63) is 34.9 Å². The van der Waals surface area contributed by atoms with Crippen LogP contribution in [0.4, 0.5) is 8.78 Å². The maximum Gasteiger partial charge on any atom is 0.133 e. The number of aryl methyl sites for hydroxylation is 1. The minimum absolute atomic E-state index is 0.154. The average Bonchev–Trinajstić information content (AvgIpc) is 2.24. The lowest BCUT2D eigenvalue weighted by molar-refractivity contribution is 0.129. The van der Waals surface area contributed by atoms with Gasteiger partial charge in [-0.15, -0.1) is 0 Å². The Kier molecular flexibility index (Phi) is 3.65. The molecule has 0 unspecified atom stereocenters. The molecule has 0 amide bonds. The number of rotatable bonds is 3. The van der Waals surface area contributed by atoms with Crippen molar-refractivity contribution < 1.29 is 13.9 Å². The fraction of sp³-hybridized carbons (Fsp3) is 0.500. The molecule has 1 rings (SSSR count). The second kappa shape index (κ2) is 4.47. The number of aliphatic hydroxyl groups excluding tert-OH is 1. The third kappa shape index (κ3) is 2.23. The molecular formula is C12H17F2NO. The van der Waals surface area contributed by atoms with Crippen LogP contribution in [0.5, 0.6) is 0 Å². The highest BCUT2D eigenvalue weighted by atomic mass is 19.1. The first-order valence-corrected chi connectivity index (χ1v) is 5.12. The first-order chi connectivity index (χ1) is 7.31. The highest BCUT2D eigenvalue weighted by Crippen LogP contribution is 2.34. The van der Waals surface area contributed by atoms with E-state index >= 15 is 0 Å². The van der Waals surface area contributed by atoms with Crippen molar-refractivity contribution in [1.29, 1.82) is 0 Å². The minimum Gasteiger partial charge on any atom is -0.396 e. The molecule has 1 atom stereocenters.